The van der Waals surface area contributed by atoms with E-state index in [-0.39, 0.29) is 10.6 Å². The lowest BCUT2D eigenvalue weighted by molar-refractivity contribution is 0.729. The molecule has 0 aliphatic rings. The number of halogens is 1. The van der Waals surface area contributed by atoms with E-state index in [1.807, 2.05) is 0 Å². The van der Waals surface area contributed by atoms with Crippen molar-refractivity contribution in [1.29, 1.82) is 0 Å². The monoisotopic (exact) mass is 217 g/mol. The molecule has 3 N–H and O–H groups in total. The third-order valence-electron chi connectivity index (χ3n) is 1.73. The minimum absolute atomic E-state index is 0.284. The second-order valence-electron chi connectivity index (χ2n) is 2.48. The summed E-state index contributed by atoms with van der Waals surface area (Å²) in [5.41, 5.74) is 2.61. The number of hydrogen-bond donors (Lipinski definition) is 3. The molecule has 1 aromatic heterocycles. The lowest BCUT2D eigenvalue weighted by atomic mass is 10.4. The van der Waals surface area contributed by atoms with Crippen LogP contribution in [0.1, 0.15) is 0 Å². The normalized spacial score (nSPS) is 9.71. The van der Waals surface area contributed by atoms with Crippen LogP contribution in [-0.2, 0) is 0 Å². The molecule has 1 heterocycles. The summed E-state index contributed by atoms with van der Waals surface area (Å²) in [6, 6.07) is 0. The molecule has 0 spiro atoms. The van der Waals surface area contributed by atoms with Crippen LogP contribution in [0.3, 0.4) is 0 Å². The maximum atomic E-state index is 11.6. The van der Waals surface area contributed by atoms with Crippen LogP contribution in [0.25, 0.3) is 0 Å². The summed E-state index contributed by atoms with van der Waals surface area (Å²) < 4.78 is 0. The first kappa shape index (κ1) is 10.6. The fraction of sp³-hybridized carbons (Fsp3) is 0.429. The molecular weight excluding hydrogens is 206 g/mol. The van der Waals surface area contributed by atoms with Gasteiger partial charge in [-0.2, -0.15) is 0 Å². The molecule has 0 bridgehead atoms. The minimum Gasteiger partial charge on any atom is -0.382 e. The molecule has 0 atom stereocenters. The zero-order chi connectivity index (χ0) is 10.7. The van der Waals surface area contributed by atoms with Crippen molar-refractivity contribution in [3.05, 3.63) is 15.4 Å². The first-order valence-electron chi connectivity index (χ1n) is 4.01. The Labute approximate surface area is 86.2 Å². The number of anilines is 2. The lowest BCUT2D eigenvalue weighted by Crippen LogP contribution is -2.31. The molecule has 0 saturated heterocycles. The van der Waals surface area contributed by atoms with Crippen molar-refractivity contribution in [2.45, 2.75) is 0 Å². The van der Waals surface area contributed by atoms with Crippen molar-refractivity contribution >= 4 is 23.1 Å². The summed E-state index contributed by atoms with van der Waals surface area (Å²) in [7, 11) is 4.90. The van der Waals surface area contributed by atoms with E-state index in [2.05, 4.69) is 21.2 Å². The van der Waals surface area contributed by atoms with Crippen LogP contribution in [0.2, 0.25) is 5.02 Å². The molecule has 6 nitrogen and oxygen atoms in total. The molecular formula is C7H12ClN5O. The molecule has 0 radical (unpaired) electrons. The number of rotatable bonds is 3. The number of nitrogens with one attached hydrogen (secondary N) is 3. The zero-order valence-electron chi connectivity index (χ0n) is 8.18. The van der Waals surface area contributed by atoms with Crippen LogP contribution in [0.4, 0.5) is 11.5 Å². The molecule has 0 aliphatic heterocycles. The van der Waals surface area contributed by atoms with Crippen molar-refractivity contribution in [1.82, 2.24) is 9.89 Å². The number of nitrogens with zero attached hydrogens (tertiary/aromatic N) is 2. The molecule has 0 aromatic carbocycles. The first-order chi connectivity index (χ1) is 6.65. The largest absolute Gasteiger partial charge is 0.382 e. The Morgan fingerprint density at radius 2 is 1.93 bits per heavy atom. The van der Waals surface area contributed by atoms with Crippen molar-refractivity contribution < 1.29 is 0 Å². The third-order valence-corrected chi connectivity index (χ3v) is 2.10. The van der Waals surface area contributed by atoms with Gasteiger partial charge in [-0.1, -0.05) is 11.6 Å². The van der Waals surface area contributed by atoms with Crippen LogP contribution in [0, 0.1) is 0 Å². The predicted molar refractivity (Wildman–Crippen MR) is 57.9 cm³/mol. The zero-order valence-corrected chi connectivity index (χ0v) is 8.94. The third kappa shape index (κ3) is 1.60. The summed E-state index contributed by atoms with van der Waals surface area (Å²) in [5, 5.41) is 9.73. The molecule has 0 unspecified atom stereocenters. The van der Waals surface area contributed by atoms with E-state index < -0.39 is 0 Å². The Hall–Kier alpha value is -1.43. The van der Waals surface area contributed by atoms with Crippen molar-refractivity contribution in [2.24, 2.45) is 0 Å². The van der Waals surface area contributed by atoms with Gasteiger partial charge in [-0.15, -0.1) is 9.89 Å². The Balaban J connectivity index is 3.47. The van der Waals surface area contributed by atoms with E-state index in [9.17, 15) is 4.79 Å². The summed E-state index contributed by atoms with van der Waals surface area (Å²) in [4.78, 5) is 12.7. The van der Waals surface area contributed by atoms with Crippen molar-refractivity contribution in [3.63, 3.8) is 0 Å². The highest BCUT2D eigenvalue weighted by molar-refractivity contribution is 6.35. The second kappa shape index (κ2) is 4.19. The Kier molecular flexibility index (Phi) is 3.19. The highest BCUT2D eigenvalue weighted by atomic mass is 35.5. The van der Waals surface area contributed by atoms with E-state index in [0.29, 0.717) is 11.5 Å². The van der Waals surface area contributed by atoms with Crippen molar-refractivity contribution in [3.8, 4) is 0 Å². The van der Waals surface area contributed by atoms with E-state index in [0.717, 1.165) is 4.79 Å². The van der Waals surface area contributed by atoms with Gasteiger partial charge in [0.1, 0.15) is 10.7 Å². The molecule has 0 fully saturated rings. The first-order valence-corrected chi connectivity index (χ1v) is 4.39. The summed E-state index contributed by atoms with van der Waals surface area (Å²) in [6.45, 7) is 0. The standard InChI is InChI=1S/C7H12ClN5O/c1-9-5-4(8)6(10-2)12-13(11-3)7(5)14/h9,11H,1-3H3,(H,10,12). The quantitative estimate of drug-likeness (QED) is 0.673. The SMILES string of the molecule is CNc1nn(NC)c(=O)c(NC)c1Cl. The molecule has 1 aromatic rings. The van der Waals surface area contributed by atoms with Crippen LogP contribution in [-0.4, -0.2) is 31.0 Å². The van der Waals surface area contributed by atoms with Gasteiger partial charge in [0.15, 0.2) is 5.82 Å². The molecule has 0 saturated carbocycles. The fourth-order valence-electron chi connectivity index (χ4n) is 1.04. The molecule has 78 valence electrons. The average Bonchev–Trinajstić information content (AvgIpc) is 2.19. The number of aromatic nitrogens is 2. The van der Waals surface area contributed by atoms with E-state index >= 15 is 0 Å². The van der Waals surface area contributed by atoms with Crippen LogP contribution < -0.4 is 21.6 Å². The van der Waals surface area contributed by atoms with Gasteiger partial charge in [-0.25, -0.2) is 0 Å². The molecule has 7 heteroatoms. The van der Waals surface area contributed by atoms with Gasteiger partial charge in [-0.3, -0.25) is 4.79 Å². The summed E-state index contributed by atoms with van der Waals surface area (Å²) in [5.74, 6) is 0.435. The fourth-order valence-corrected chi connectivity index (χ4v) is 1.34. The van der Waals surface area contributed by atoms with Crippen LogP contribution >= 0.6 is 11.6 Å². The summed E-state index contributed by atoms with van der Waals surface area (Å²) in [6.07, 6.45) is 0. The van der Waals surface area contributed by atoms with E-state index in [4.69, 9.17) is 11.6 Å². The Bertz CT molecular complexity index is 388. The molecule has 0 aliphatic carbocycles. The predicted octanol–water partition coefficient (Wildman–Crippen LogP) is 0.153. The van der Waals surface area contributed by atoms with Gasteiger partial charge in [0.2, 0.25) is 0 Å². The van der Waals surface area contributed by atoms with Gasteiger partial charge in [-0.05, 0) is 0 Å². The van der Waals surface area contributed by atoms with Gasteiger partial charge in [0, 0.05) is 21.1 Å². The highest BCUT2D eigenvalue weighted by Crippen LogP contribution is 2.23. The molecule has 14 heavy (non-hydrogen) atoms. The van der Waals surface area contributed by atoms with E-state index in [1.165, 1.54) is 0 Å². The highest BCUT2D eigenvalue weighted by Gasteiger charge is 2.12. The van der Waals surface area contributed by atoms with Crippen LogP contribution in [0.15, 0.2) is 4.79 Å². The van der Waals surface area contributed by atoms with Crippen molar-refractivity contribution in [2.75, 3.05) is 37.2 Å². The second-order valence-corrected chi connectivity index (χ2v) is 2.86. The Morgan fingerprint density at radius 1 is 1.29 bits per heavy atom. The maximum Gasteiger partial charge on any atom is 0.310 e. The number of hydrogen-bond acceptors (Lipinski definition) is 5. The topological polar surface area (TPSA) is 71.0 Å². The smallest absolute Gasteiger partial charge is 0.310 e. The minimum atomic E-state index is -0.320. The molecule has 0 amide bonds. The van der Waals surface area contributed by atoms with Crippen LogP contribution in [0.5, 0.6) is 0 Å². The van der Waals surface area contributed by atoms with Gasteiger partial charge >= 0.3 is 5.56 Å². The lowest BCUT2D eigenvalue weighted by Gasteiger charge is -2.11. The Morgan fingerprint density at radius 3 is 2.36 bits per heavy atom. The summed E-state index contributed by atoms with van der Waals surface area (Å²) >= 11 is 5.91. The average molecular weight is 218 g/mol. The van der Waals surface area contributed by atoms with Gasteiger partial charge in [0.05, 0.1) is 0 Å². The van der Waals surface area contributed by atoms with E-state index in [1.54, 1.807) is 21.1 Å². The van der Waals surface area contributed by atoms with Gasteiger partial charge < -0.3 is 16.1 Å². The van der Waals surface area contributed by atoms with Gasteiger partial charge in [0.25, 0.3) is 0 Å². The maximum absolute atomic E-state index is 11.6. The molecule has 1 rings (SSSR count).